The Morgan fingerprint density at radius 3 is 2.94 bits per heavy atom. The van der Waals surface area contributed by atoms with Gasteiger partial charge in [-0.3, -0.25) is 4.79 Å². The van der Waals surface area contributed by atoms with Crippen molar-refractivity contribution in [2.45, 2.75) is 26.2 Å². The maximum Gasteiger partial charge on any atom is 0.227 e. The van der Waals surface area contributed by atoms with Crippen molar-refractivity contribution >= 4 is 11.6 Å². The Morgan fingerprint density at radius 2 is 2.17 bits per heavy atom. The first-order valence-electron chi connectivity index (χ1n) is 6.52. The zero-order valence-electron chi connectivity index (χ0n) is 10.7. The van der Waals surface area contributed by atoms with E-state index in [4.69, 9.17) is 0 Å². The second-order valence-electron chi connectivity index (χ2n) is 4.57. The summed E-state index contributed by atoms with van der Waals surface area (Å²) in [5, 5.41) is 3.26. The summed E-state index contributed by atoms with van der Waals surface area (Å²) < 4.78 is 13.3. The van der Waals surface area contributed by atoms with E-state index in [1.54, 1.807) is 11.0 Å². The molecule has 1 heterocycles. The number of hydrogen-bond donors (Lipinski definition) is 1. The van der Waals surface area contributed by atoms with E-state index in [2.05, 4.69) is 12.2 Å². The minimum Gasteiger partial charge on any atom is -0.315 e. The summed E-state index contributed by atoms with van der Waals surface area (Å²) >= 11 is 0. The normalized spacial score (nSPS) is 14.8. The zero-order valence-corrected chi connectivity index (χ0v) is 10.7. The van der Waals surface area contributed by atoms with Crippen LogP contribution in [0.5, 0.6) is 0 Å². The molecule has 3 nitrogen and oxygen atoms in total. The maximum absolute atomic E-state index is 13.3. The first-order chi connectivity index (χ1) is 8.72. The fraction of sp³-hybridized carbons (Fsp3) is 0.500. The summed E-state index contributed by atoms with van der Waals surface area (Å²) in [7, 11) is 0. The van der Waals surface area contributed by atoms with Crippen molar-refractivity contribution in [2.24, 2.45) is 0 Å². The smallest absolute Gasteiger partial charge is 0.227 e. The van der Waals surface area contributed by atoms with Crippen LogP contribution in [0.25, 0.3) is 0 Å². The van der Waals surface area contributed by atoms with Crippen LogP contribution >= 0.6 is 0 Å². The minimum absolute atomic E-state index is 0.0893. The van der Waals surface area contributed by atoms with Crippen molar-refractivity contribution in [3.63, 3.8) is 0 Å². The van der Waals surface area contributed by atoms with Gasteiger partial charge in [0, 0.05) is 25.2 Å². The molecule has 1 aliphatic heterocycles. The van der Waals surface area contributed by atoms with Gasteiger partial charge in [-0.1, -0.05) is 13.0 Å². The van der Waals surface area contributed by atoms with Gasteiger partial charge >= 0.3 is 0 Å². The van der Waals surface area contributed by atoms with Crippen molar-refractivity contribution in [2.75, 3.05) is 24.5 Å². The molecule has 0 aliphatic carbocycles. The highest BCUT2D eigenvalue weighted by Gasteiger charge is 2.23. The lowest BCUT2D eigenvalue weighted by atomic mass is 10.0. The van der Waals surface area contributed by atoms with Crippen molar-refractivity contribution < 1.29 is 9.18 Å². The molecule has 18 heavy (non-hydrogen) atoms. The second-order valence-corrected chi connectivity index (χ2v) is 4.57. The lowest BCUT2D eigenvalue weighted by molar-refractivity contribution is -0.118. The van der Waals surface area contributed by atoms with E-state index in [0.717, 1.165) is 30.8 Å². The molecule has 0 atom stereocenters. The SMILES string of the molecule is CCCNCCN1C(=O)CCc2ccc(F)cc21. The summed E-state index contributed by atoms with van der Waals surface area (Å²) in [6.45, 7) is 4.40. The Kier molecular flexibility index (Phi) is 4.31. The van der Waals surface area contributed by atoms with Gasteiger partial charge < -0.3 is 10.2 Å². The van der Waals surface area contributed by atoms with E-state index in [1.165, 1.54) is 12.1 Å². The number of fused-ring (bicyclic) bond motifs is 1. The van der Waals surface area contributed by atoms with Crippen LogP contribution < -0.4 is 10.2 Å². The molecule has 98 valence electrons. The first-order valence-corrected chi connectivity index (χ1v) is 6.52. The second kappa shape index (κ2) is 5.96. The van der Waals surface area contributed by atoms with Crippen LogP contribution in [0.3, 0.4) is 0 Å². The van der Waals surface area contributed by atoms with Gasteiger partial charge in [0.25, 0.3) is 0 Å². The van der Waals surface area contributed by atoms with Crippen molar-refractivity contribution in [3.8, 4) is 0 Å². The summed E-state index contributed by atoms with van der Waals surface area (Å²) in [6, 6.07) is 4.71. The van der Waals surface area contributed by atoms with E-state index < -0.39 is 0 Å². The topological polar surface area (TPSA) is 32.3 Å². The molecule has 1 aromatic carbocycles. The monoisotopic (exact) mass is 250 g/mol. The van der Waals surface area contributed by atoms with E-state index in [1.807, 2.05) is 0 Å². The van der Waals surface area contributed by atoms with E-state index in [0.29, 0.717) is 19.4 Å². The Morgan fingerprint density at radius 1 is 1.33 bits per heavy atom. The van der Waals surface area contributed by atoms with Gasteiger partial charge in [-0.05, 0) is 37.1 Å². The van der Waals surface area contributed by atoms with E-state index in [9.17, 15) is 9.18 Å². The molecule has 0 saturated carbocycles. The Labute approximate surface area is 107 Å². The molecule has 4 heteroatoms. The predicted molar refractivity (Wildman–Crippen MR) is 70.2 cm³/mol. The zero-order chi connectivity index (χ0) is 13.0. The van der Waals surface area contributed by atoms with Crippen LogP contribution in [0.15, 0.2) is 18.2 Å². The quantitative estimate of drug-likeness (QED) is 0.812. The number of anilines is 1. The minimum atomic E-state index is -0.282. The Hall–Kier alpha value is -1.42. The summed E-state index contributed by atoms with van der Waals surface area (Å²) in [5.74, 6) is -0.193. The summed E-state index contributed by atoms with van der Waals surface area (Å²) in [4.78, 5) is 13.6. The third-order valence-electron chi connectivity index (χ3n) is 3.19. The number of carbonyl (C=O) groups excluding carboxylic acids is 1. The average molecular weight is 250 g/mol. The molecule has 0 fully saturated rings. The lowest BCUT2D eigenvalue weighted by Gasteiger charge is -2.29. The molecule has 0 bridgehead atoms. The van der Waals surface area contributed by atoms with E-state index in [-0.39, 0.29) is 11.7 Å². The number of halogens is 1. The number of carbonyl (C=O) groups is 1. The van der Waals surface area contributed by atoms with Gasteiger partial charge in [0.2, 0.25) is 5.91 Å². The van der Waals surface area contributed by atoms with Crippen LogP contribution in [-0.4, -0.2) is 25.5 Å². The molecule has 0 unspecified atom stereocenters. The average Bonchev–Trinajstić information content (AvgIpc) is 2.36. The van der Waals surface area contributed by atoms with Gasteiger partial charge in [0.15, 0.2) is 0 Å². The molecule has 1 aliphatic rings. The highest BCUT2D eigenvalue weighted by molar-refractivity contribution is 5.96. The Bertz CT molecular complexity index is 434. The first kappa shape index (κ1) is 13.0. The number of aryl methyl sites for hydroxylation is 1. The molecule has 0 aromatic heterocycles. The fourth-order valence-corrected chi connectivity index (χ4v) is 2.25. The molecule has 1 aromatic rings. The highest BCUT2D eigenvalue weighted by atomic mass is 19.1. The molecular weight excluding hydrogens is 231 g/mol. The number of amides is 1. The lowest BCUT2D eigenvalue weighted by Crippen LogP contribution is -2.40. The van der Waals surface area contributed by atoms with Crippen LogP contribution in [0.4, 0.5) is 10.1 Å². The number of hydrogen-bond acceptors (Lipinski definition) is 2. The van der Waals surface area contributed by atoms with Gasteiger partial charge in [0.1, 0.15) is 5.82 Å². The maximum atomic E-state index is 13.3. The fourth-order valence-electron chi connectivity index (χ4n) is 2.25. The van der Waals surface area contributed by atoms with Crippen LogP contribution in [0, 0.1) is 5.82 Å². The molecule has 1 N–H and O–H groups in total. The van der Waals surface area contributed by atoms with Crippen LogP contribution in [0.1, 0.15) is 25.3 Å². The third-order valence-corrected chi connectivity index (χ3v) is 3.19. The molecule has 2 rings (SSSR count). The predicted octanol–water partition coefficient (Wildman–Crippen LogP) is 2.10. The van der Waals surface area contributed by atoms with Gasteiger partial charge in [0.05, 0.1) is 0 Å². The van der Waals surface area contributed by atoms with Gasteiger partial charge in [-0.25, -0.2) is 4.39 Å². The number of rotatable bonds is 5. The van der Waals surface area contributed by atoms with Crippen molar-refractivity contribution in [1.29, 1.82) is 0 Å². The van der Waals surface area contributed by atoms with Crippen molar-refractivity contribution in [1.82, 2.24) is 5.32 Å². The summed E-state index contributed by atoms with van der Waals surface area (Å²) in [6.07, 6.45) is 2.30. The molecule has 1 amide bonds. The van der Waals surface area contributed by atoms with E-state index >= 15 is 0 Å². The van der Waals surface area contributed by atoms with Crippen molar-refractivity contribution in [3.05, 3.63) is 29.6 Å². The standard InChI is InChI=1S/C14H19FN2O/c1-2-7-16-8-9-17-13-10-12(15)5-3-11(13)4-6-14(17)18/h3,5,10,16H,2,4,6-9H2,1H3. The highest BCUT2D eigenvalue weighted by Crippen LogP contribution is 2.28. The molecular formula is C14H19FN2O. The Balaban J connectivity index is 2.09. The number of nitrogens with one attached hydrogen (secondary N) is 1. The molecule has 0 spiro atoms. The third kappa shape index (κ3) is 2.88. The molecule has 0 radical (unpaired) electrons. The van der Waals surface area contributed by atoms with Crippen LogP contribution in [0.2, 0.25) is 0 Å². The number of nitrogens with zero attached hydrogens (tertiary/aromatic N) is 1. The van der Waals surface area contributed by atoms with Gasteiger partial charge in [-0.15, -0.1) is 0 Å². The summed E-state index contributed by atoms with van der Waals surface area (Å²) in [5.41, 5.74) is 1.80. The van der Waals surface area contributed by atoms with Gasteiger partial charge in [-0.2, -0.15) is 0 Å². The number of benzene rings is 1. The van der Waals surface area contributed by atoms with Crippen LogP contribution in [-0.2, 0) is 11.2 Å². The largest absolute Gasteiger partial charge is 0.315 e. The molecule has 0 saturated heterocycles.